The van der Waals surface area contributed by atoms with Gasteiger partial charge in [0.25, 0.3) is 0 Å². The molecule has 0 aliphatic rings. The highest BCUT2D eigenvalue weighted by Crippen LogP contribution is 2.23. The molecule has 0 spiro atoms. The predicted octanol–water partition coefficient (Wildman–Crippen LogP) is 3.44. The fraction of sp³-hybridized carbons (Fsp3) is 0.200. The maximum absolute atomic E-state index is 12.4. The first-order chi connectivity index (χ1) is 8.41. The second kappa shape index (κ2) is 4.58. The Morgan fingerprint density at radius 1 is 0.722 bits per heavy atom. The van der Waals surface area contributed by atoms with Gasteiger partial charge in [-0.1, -0.05) is 23.8 Å². The van der Waals surface area contributed by atoms with E-state index in [9.17, 15) is 8.42 Å². The normalized spacial score (nSPS) is 11.5. The second-order valence-corrected chi connectivity index (χ2v) is 6.51. The summed E-state index contributed by atoms with van der Waals surface area (Å²) >= 11 is 0. The molecule has 0 saturated carbocycles. The molecule has 0 aliphatic carbocycles. The number of sulfone groups is 1. The number of rotatable bonds is 2. The van der Waals surface area contributed by atoms with Crippen LogP contribution in [-0.4, -0.2) is 8.42 Å². The Kier molecular flexibility index (Phi) is 3.26. The Morgan fingerprint density at radius 2 is 1.28 bits per heavy atom. The third kappa shape index (κ3) is 2.31. The van der Waals surface area contributed by atoms with Crippen molar-refractivity contribution in [3.63, 3.8) is 0 Å². The summed E-state index contributed by atoms with van der Waals surface area (Å²) in [6, 6.07) is 12.2. The van der Waals surface area contributed by atoms with Crippen molar-refractivity contribution in [3.8, 4) is 0 Å². The first-order valence-electron chi connectivity index (χ1n) is 5.80. The molecule has 2 nitrogen and oxygen atoms in total. The zero-order chi connectivity index (χ0) is 13.3. The number of aryl methyl sites for hydroxylation is 3. The van der Waals surface area contributed by atoms with Crippen molar-refractivity contribution in [2.45, 2.75) is 30.6 Å². The quantitative estimate of drug-likeness (QED) is 0.829. The van der Waals surface area contributed by atoms with E-state index in [1.165, 1.54) is 0 Å². The van der Waals surface area contributed by atoms with Crippen molar-refractivity contribution in [2.24, 2.45) is 0 Å². The molecule has 0 amide bonds. The van der Waals surface area contributed by atoms with Crippen LogP contribution < -0.4 is 0 Å². The second-order valence-electron chi connectivity index (χ2n) is 4.56. The molecule has 0 heterocycles. The van der Waals surface area contributed by atoms with Crippen LogP contribution in [0.1, 0.15) is 16.7 Å². The van der Waals surface area contributed by atoms with Crippen LogP contribution in [0.2, 0.25) is 0 Å². The fourth-order valence-electron chi connectivity index (χ4n) is 1.73. The van der Waals surface area contributed by atoms with Gasteiger partial charge in [0.1, 0.15) is 0 Å². The lowest BCUT2D eigenvalue weighted by Crippen LogP contribution is -2.02. The average molecular weight is 260 g/mol. The van der Waals surface area contributed by atoms with Crippen LogP contribution in [0.25, 0.3) is 0 Å². The molecule has 0 radical (unpaired) electrons. The first-order valence-corrected chi connectivity index (χ1v) is 7.28. The van der Waals surface area contributed by atoms with E-state index in [-0.39, 0.29) is 0 Å². The molecule has 0 atom stereocenters. The van der Waals surface area contributed by atoms with Gasteiger partial charge >= 0.3 is 0 Å². The lowest BCUT2D eigenvalue weighted by Gasteiger charge is -2.07. The molecule has 2 rings (SSSR count). The molecule has 94 valence electrons. The summed E-state index contributed by atoms with van der Waals surface area (Å²) in [6.07, 6.45) is 0. The van der Waals surface area contributed by atoms with Crippen molar-refractivity contribution in [3.05, 3.63) is 59.2 Å². The summed E-state index contributed by atoms with van der Waals surface area (Å²) in [5.74, 6) is 0. The van der Waals surface area contributed by atoms with Gasteiger partial charge in [0.2, 0.25) is 9.84 Å². The standard InChI is InChI=1S/C15H16O2S/c1-11-4-7-14(8-5-11)18(16,17)15-9-6-12(2)13(3)10-15/h4-10H,1-3H3. The van der Waals surface area contributed by atoms with E-state index < -0.39 is 9.84 Å². The molecular weight excluding hydrogens is 244 g/mol. The summed E-state index contributed by atoms with van der Waals surface area (Å²) in [5.41, 5.74) is 3.13. The topological polar surface area (TPSA) is 34.1 Å². The van der Waals surface area contributed by atoms with E-state index in [4.69, 9.17) is 0 Å². The summed E-state index contributed by atoms with van der Waals surface area (Å²) < 4.78 is 24.8. The zero-order valence-corrected chi connectivity index (χ0v) is 11.6. The van der Waals surface area contributed by atoms with Gasteiger partial charge < -0.3 is 0 Å². The van der Waals surface area contributed by atoms with E-state index in [1.54, 1.807) is 24.3 Å². The molecule has 0 unspecified atom stereocenters. The summed E-state index contributed by atoms with van der Waals surface area (Å²) in [6.45, 7) is 5.83. The van der Waals surface area contributed by atoms with E-state index in [0.29, 0.717) is 9.79 Å². The Bertz CT molecular complexity index is 668. The van der Waals surface area contributed by atoms with Gasteiger partial charge in [-0.2, -0.15) is 0 Å². The minimum Gasteiger partial charge on any atom is -0.219 e. The minimum atomic E-state index is -3.39. The highest BCUT2D eigenvalue weighted by atomic mass is 32.2. The molecular formula is C15H16O2S. The van der Waals surface area contributed by atoms with Gasteiger partial charge in [0, 0.05) is 0 Å². The van der Waals surface area contributed by atoms with Crippen LogP contribution in [0, 0.1) is 20.8 Å². The van der Waals surface area contributed by atoms with Crippen molar-refractivity contribution >= 4 is 9.84 Å². The van der Waals surface area contributed by atoms with Gasteiger partial charge in [-0.3, -0.25) is 0 Å². The lowest BCUT2D eigenvalue weighted by atomic mass is 10.1. The summed E-state index contributed by atoms with van der Waals surface area (Å²) in [7, 11) is -3.39. The Balaban J connectivity index is 2.54. The largest absolute Gasteiger partial charge is 0.219 e. The lowest BCUT2D eigenvalue weighted by molar-refractivity contribution is 0.596. The smallest absolute Gasteiger partial charge is 0.206 e. The SMILES string of the molecule is Cc1ccc(S(=O)(=O)c2ccc(C)c(C)c2)cc1. The van der Waals surface area contributed by atoms with Gasteiger partial charge in [0.15, 0.2) is 0 Å². The molecule has 3 heteroatoms. The third-order valence-corrected chi connectivity index (χ3v) is 4.89. The van der Waals surface area contributed by atoms with E-state index in [2.05, 4.69) is 0 Å². The number of hydrogen-bond donors (Lipinski definition) is 0. The maximum Gasteiger partial charge on any atom is 0.206 e. The van der Waals surface area contributed by atoms with Crippen molar-refractivity contribution < 1.29 is 8.42 Å². The van der Waals surface area contributed by atoms with E-state index in [0.717, 1.165) is 16.7 Å². The first kappa shape index (κ1) is 12.8. The van der Waals surface area contributed by atoms with Crippen molar-refractivity contribution in [1.29, 1.82) is 0 Å². The maximum atomic E-state index is 12.4. The van der Waals surface area contributed by atoms with Gasteiger partial charge in [-0.05, 0) is 56.2 Å². The van der Waals surface area contributed by atoms with Gasteiger partial charge in [0.05, 0.1) is 9.79 Å². The van der Waals surface area contributed by atoms with Crippen LogP contribution in [0.4, 0.5) is 0 Å². The Hall–Kier alpha value is -1.61. The molecule has 0 aliphatic heterocycles. The van der Waals surface area contributed by atoms with Crippen LogP contribution in [0.5, 0.6) is 0 Å². The third-order valence-electron chi connectivity index (χ3n) is 3.12. The molecule has 2 aromatic carbocycles. The van der Waals surface area contributed by atoms with E-state index in [1.807, 2.05) is 39.0 Å². The summed E-state index contributed by atoms with van der Waals surface area (Å²) in [5, 5.41) is 0. The molecule has 2 aromatic rings. The van der Waals surface area contributed by atoms with Crippen LogP contribution >= 0.6 is 0 Å². The van der Waals surface area contributed by atoms with Crippen LogP contribution in [0.3, 0.4) is 0 Å². The minimum absolute atomic E-state index is 0.344. The molecule has 0 saturated heterocycles. The highest BCUT2D eigenvalue weighted by Gasteiger charge is 2.17. The van der Waals surface area contributed by atoms with Gasteiger partial charge in [-0.25, -0.2) is 8.42 Å². The Labute approximate surface area is 108 Å². The van der Waals surface area contributed by atoms with Crippen LogP contribution in [0.15, 0.2) is 52.3 Å². The molecule has 0 fully saturated rings. The summed E-state index contributed by atoms with van der Waals surface area (Å²) in [4.78, 5) is 0.700. The van der Waals surface area contributed by atoms with Gasteiger partial charge in [-0.15, -0.1) is 0 Å². The fourth-order valence-corrected chi connectivity index (χ4v) is 3.08. The van der Waals surface area contributed by atoms with Crippen LogP contribution in [-0.2, 0) is 9.84 Å². The average Bonchev–Trinajstić information content (AvgIpc) is 2.33. The number of hydrogen-bond acceptors (Lipinski definition) is 2. The molecule has 18 heavy (non-hydrogen) atoms. The molecule has 0 aromatic heterocycles. The predicted molar refractivity (Wildman–Crippen MR) is 72.5 cm³/mol. The molecule has 0 bridgehead atoms. The monoisotopic (exact) mass is 260 g/mol. The highest BCUT2D eigenvalue weighted by molar-refractivity contribution is 7.91. The van der Waals surface area contributed by atoms with Crippen molar-refractivity contribution in [1.82, 2.24) is 0 Å². The number of benzene rings is 2. The van der Waals surface area contributed by atoms with Crippen molar-refractivity contribution in [2.75, 3.05) is 0 Å². The zero-order valence-electron chi connectivity index (χ0n) is 10.8. The Morgan fingerprint density at radius 3 is 1.83 bits per heavy atom. The van der Waals surface area contributed by atoms with E-state index >= 15 is 0 Å². The molecule has 0 N–H and O–H groups in total.